The van der Waals surface area contributed by atoms with Crippen LogP contribution in [0.4, 0.5) is 14.5 Å². The highest BCUT2D eigenvalue weighted by atomic mass is 19.2. The highest BCUT2D eigenvalue weighted by molar-refractivity contribution is 6.05. The Morgan fingerprint density at radius 2 is 1.82 bits per heavy atom. The van der Waals surface area contributed by atoms with E-state index in [0.29, 0.717) is 30.7 Å². The average Bonchev–Trinajstić information content (AvgIpc) is 2.93. The monoisotopic (exact) mass is 527 g/mol. The number of amides is 3. The van der Waals surface area contributed by atoms with Gasteiger partial charge in [0.25, 0.3) is 11.8 Å². The van der Waals surface area contributed by atoms with Crippen molar-refractivity contribution in [2.45, 2.75) is 56.8 Å². The van der Waals surface area contributed by atoms with E-state index in [4.69, 9.17) is 9.47 Å². The largest absolute Gasteiger partial charge is 0.490 e. The van der Waals surface area contributed by atoms with Crippen LogP contribution in [0.25, 0.3) is 0 Å². The number of hydrogen-bond donors (Lipinski definition) is 1. The van der Waals surface area contributed by atoms with Crippen molar-refractivity contribution in [1.82, 2.24) is 9.80 Å². The fraction of sp³-hybridized carbons (Fsp3) is 0.464. The van der Waals surface area contributed by atoms with Crippen molar-refractivity contribution in [3.63, 3.8) is 0 Å². The lowest BCUT2D eigenvalue weighted by molar-refractivity contribution is -0.143. The first-order valence-corrected chi connectivity index (χ1v) is 13.0. The molecule has 202 valence electrons. The Hall–Kier alpha value is -3.53. The molecule has 2 aromatic carbocycles. The third-order valence-electron chi connectivity index (χ3n) is 7.56. The SMILES string of the molecule is CN1C(=O)c2cc(NC(=O)c3ccc(F)c(F)c3)ccc2OC[C@H]2O[C@H](CC(=O)N3CCCCC3)CC[C@@H]21. The minimum atomic E-state index is -1.12. The van der Waals surface area contributed by atoms with Gasteiger partial charge in [0.15, 0.2) is 11.6 Å². The van der Waals surface area contributed by atoms with Crippen LogP contribution in [0.1, 0.15) is 59.2 Å². The van der Waals surface area contributed by atoms with Gasteiger partial charge in [0, 0.05) is 31.4 Å². The summed E-state index contributed by atoms with van der Waals surface area (Å²) in [6.45, 7) is 1.82. The molecule has 3 heterocycles. The molecule has 0 aliphatic carbocycles. The number of nitrogens with zero attached hydrogens (tertiary/aromatic N) is 2. The first-order valence-electron chi connectivity index (χ1n) is 13.0. The predicted octanol–water partition coefficient (Wildman–Crippen LogP) is 4.00. The molecule has 5 rings (SSSR count). The van der Waals surface area contributed by atoms with Crippen molar-refractivity contribution in [3.8, 4) is 5.75 Å². The Labute approximate surface area is 219 Å². The molecule has 0 unspecified atom stereocenters. The van der Waals surface area contributed by atoms with Gasteiger partial charge >= 0.3 is 0 Å². The van der Waals surface area contributed by atoms with Crippen molar-refractivity contribution in [2.24, 2.45) is 0 Å². The van der Waals surface area contributed by atoms with Crippen LogP contribution in [-0.2, 0) is 9.53 Å². The Morgan fingerprint density at radius 1 is 1.03 bits per heavy atom. The molecule has 2 aromatic rings. The summed E-state index contributed by atoms with van der Waals surface area (Å²) in [7, 11) is 1.71. The first-order chi connectivity index (χ1) is 18.3. The van der Waals surface area contributed by atoms with Gasteiger partial charge in [-0.3, -0.25) is 14.4 Å². The molecule has 10 heteroatoms. The van der Waals surface area contributed by atoms with E-state index in [-0.39, 0.29) is 47.8 Å². The zero-order chi connectivity index (χ0) is 26.8. The Bertz CT molecular complexity index is 1230. The van der Waals surface area contributed by atoms with Crippen LogP contribution in [0.5, 0.6) is 5.75 Å². The standard InChI is InChI=1S/C28H31F2N3O5/c1-32-23-9-7-19(15-26(34)33-11-3-2-4-12-33)38-25(23)16-37-24-10-6-18(14-20(24)28(32)36)31-27(35)17-5-8-21(29)22(30)13-17/h5-6,8,10,13-14,19,23,25H,2-4,7,9,11-12,15-16H2,1H3,(H,31,35)/t19-,23-,25+/m0/s1. The van der Waals surface area contributed by atoms with Crippen molar-refractivity contribution in [1.29, 1.82) is 0 Å². The summed E-state index contributed by atoms with van der Waals surface area (Å²) >= 11 is 0. The number of hydrogen-bond acceptors (Lipinski definition) is 5. The molecule has 3 aliphatic heterocycles. The first kappa shape index (κ1) is 26.1. The number of piperidine rings is 1. The van der Waals surface area contributed by atoms with E-state index in [0.717, 1.165) is 44.5 Å². The van der Waals surface area contributed by atoms with Crippen molar-refractivity contribution >= 4 is 23.4 Å². The summed E-state index contributed by atoms with van der Waals surface area (Å²) in [4.78, 5) is 42.3. The van der Waals surface area contributed by atoms with Crippen LogP contribution in [0, 0.1) is 11.6 Å². The maximum atomic E-state index is 13.5. The number of halogens is 2. The molecule has 2 fully saturated rings. The molecule has 0 radical (unpaired) electrons. The minimum absolute atomic E-state index is 0.0501. The van der Waals surface area contributed by atoms with E-state index >= 15 is 0 Å². The zero-order valence-corrected chi connectivity index (χ0v) is 21.3. The van der Waals surface area contributed by atoms with Crippen LogP contribution < -0.4 is 10.1 Å². The van der Waals surface area contributed by atoms with Gasteiger partial charge in [-0.25, -0.2) is 8.78 Å². The van der Waals surface area contributed by atoms with E-state index in [1.54, 1.807) is 24.1 Å². The summed E-state index contributed by atoms with van der Waals surface area (Å²) in [6.07, 6.45) is 4.32. The van der Waals surface area contributed by atoms with Crippen molar-refractivity contribution in [3.05, 3.63) is 59.2 Å². The molecule has 0 aromatic heterocycles. The van der Waals surface area contributed by atoms with Crippen LogP contribution >= 0.6 is 0 Å². The zero-order valence-electron chi connectivity index (χ0n) is 21.3. The molecule has 3 amide bonds. The molecular weight excluding hydrogens is 496 g/mol. The van der Waals surface area contributed by atoms with Crippen LogP contribution in [0.15, 0.2) is 36.4 Å². The lowest BCUT2D eigenvalue weighted by atomic mass is 9.94. The molecule has 3 atom stereocenters. The van der Waals surface area contributed by atoms with Gasteiger partial charge in [-0.2, -0.15) is 0 Å². The topological polar surface area (TPSA) is 88.2 Å². The number of benzene rings is 2. The van der Waals surface area contributed by atoms with Crippen LogP contribution in [-0.4, -0.2) is 72.5 Å². The van der Waals surface area contributed by atoms with E-state index in [1.165, 1.54) is 12.1 Å². The van der Waals surface area contributed by atoms with Gasteiger partial charge < -0.3 is 24.6 Å². The molecule has 3 aliphatic rings. The molecule has 2 saturated heterocycles. The van der Waals surface area contributed by atoms with Gasteiger partial charge in [-0.05, 0) is 68.5 Å². The second-order valence-corrected chi connectivity index (χ2v) is 10.1. The molecule has 0 spiro atoms. The molecule has 0 saturated carbocycles. The number of carbonyl (C=O) groups is 3. The number of rotatable bonds is 4. The van der Waals surface area contributed by atoms with E-state index in [1.807, 2.05) is 4.90 Å². The summed E-state index contributed by atoms with van der Waals surface area (Å²) in [6, 6.07) is 7.33. The van der Waals surface area contributed by atoms with Gasteiger partial charge in [-0.15, -0.1) is 0 Å². The summed E-state index contributed by atoms with van der Waals surface area (Å²) in [5.74, 6) is -2.62. The Kier molecular flexibility index (Phi) is 7.60. The number of carbonyl (C=O) groups excluding carboxylic acids is 3. The summed E-state index contributed by atoms with van der Waals surface area (Å²) < 4.78 is 39.0. The molecular formula is C28H31F2N3O5. The average molecular weight is 528 g/mol. The second-order valence-electron chi connectivity index (χ2n) is 10.1. The molecule has 0 bridgehead atoms. The van der Waals surface area contributed by atoms with E-state index in [9.17, 15) is 23.2 Å². The molecule has 38 heavy (non-hydrogen) atoms. The van der Waals surface area contributed by atoms with E-state index in [2.05, 4.69) is 5.32 Å². The highest BCUT2D eigenvalue weighted by Crippen LogP contribution is 2.33. The summed E-state index contributed by atoms with van der Waals surface area (Å²) in [5.41, 5.74) is 0.541. The molecule has 8 nitrogen and oxygen atoms in total. The maximum Gasteiger partial charge on any atom is 0.257 e. The van der Waals surface area contributed by atoms with E-state index < -0.39 is 17.5 Å². The smallest absolute Gasteiger partial charge is 0.257 e. The van der Waals surface area contributed by atoms with Gasteiger partial charge in [0.2, 0.25) is 5.91 Å². The van der Waals surface area contributed by atoms with Gasteiger partial charge in [0.1, 0.15) is 18.5 Å². The van der Waals surface area contributed by atoms with Gasteiger partial charge in [-0.1, -0.05) is 0 Å². The minimum Gasteiger partial charge on any atom is -0.490 e. The Morgan fingerprint density at radius 3 is 2.58 bits per heavy atom. The van der Waals surface area contributed by atoms with Crippen LogP contribution in [0.2, 0.25) is 0 Å². The fourth-order valence-corrected chi connectivity index (χ4v) is 5.41. The lowest BCUT2D eigenvalue weighted by Crippen LogP contribution is -2.54. The number of likely N-dealkylation sites (N-methyl/N-ethyl adjacent to an activating group) is 1. The van der Waals surface area contributed by atoms with Gasteiger partial charge in [0.05, 0.1) is 24.1 Å². The van der Waals surface area contributed by atoms with Crippen molar-refractivity contribution < 1.29 is 32.6 Å². The fourth-order valence-electron chi connectivity index (χ4n) is 5.41. The lowest BCUT2D eigenvalue weighted by Gasteiger charge is -2.42. The van der Waals surface area contributed by atoms with Crippen LogP contribution in [0.3, 0.4) is 0 Å². The number of ether oxygens (including phenoxy) is 2. The third kappa shape index (κ3) is 5.50. The summed E-state index contributed by atoms with van der Waals surface area (Å²) in [5, 5.41) is 2.62. The Balaban J connectivity index is 1.27. The highest BCUT2D eigenvalue weighted by Gasteiger charge is 2.39. The quantitative estimate of drug-likeness (QED) is 0.650. The predicted molar refractivity (Wildman–Crippen MR) is 135 cm³/mol. The third-order valence-corrected chi connectivity index (χ3v) is 7.56. The maximum absolute atomic E-state index is 13.5. The number of fused-ring (bicyclic) bond motifs is 2. The number of likely N-dealkylation sites (tertiary alicyclic amines) is 1. The normalized spacial score (nSPS) is 23.4. The molecule has 1 N–H and O–H groups in total. The number of nitrogens with one attached hydrogen (secondary N) is 1. The van der Waals surface area contributed by atoms with Crippen molar-refractivity contribution in [2.75, 3.05) is 32.1 Å². The second kappa shape index (κ2) is 11.1. The number of anilines is 1.